The molecule has 0 aliphatic carbocycles. The first-order valence-electron chi connectivity index (χ1n) is 6.13. The molecule has 19 heavy (non-hydrogen) atoms. The van der Waals surface area contributed by atoms with Gasteiger partial charge in [-0.25, -0.2) is 0 Å². The van der Waals surface area contributed by atoms with E-state index in [2.05, 4.69) is 5.32 Å². The van der Waals surface area contributed by atoms with Crippen LogP contribution < -0.4 is 10.1 Å². The fourth-order valence-electron chi connectivity index (χ4n) is 1.95. The fraction of sp³-hybridized carbons (Fsp3) is 0.267. The first-order chi connectivity index (χ1) is 9.20. The first-order valence-corrected chi connectivity index (χ1v) is 6.13. The molecule has 100 valence electrons. The molecule has 1 N–H and O–H groups in total. The predicted molar refractivity (Wildman–Crippen MR) is 73.4 cm³/mol. The van der Waals surface area contributed by atoms with Crippen LogP contribution >= 0.6 is 0 Å². The number of rotatable bonds is 6. The van der Waals surface area contributed by atoms with Crippen molar-refractivity contribution in [2.75, 3.05) is 12.4 Å². The Kier molecular flexibility index (Phi) is 4.23. The van der Waals surface area contributed by atoms with Gasteiger partial charge in [-0.15, -0.1) is 0 Å². The van der Waals surface area contributed by atoms with E-state index in [9.17, 15) is 4.79 Å². The zero-order valence-corrected chi connectivity index (χ0v) is 11.1. The summed E-state index contributed by atoms with van der Waals surface area (Å²) in [7, 11) is 1.62. The van der Waals surface area contributed by atoms with Gasteiger partial charge in [0.05, 0.1) is 25.1 Å². The molecular weight excluding hydrogens is 242 g/mol. The monoisotopic (exact) mass is 259 g/mol. The van der Waals surface area contributed by atoms with Gasteiger partial charge in [0, 0.05) is 6.42 Å². The third-order valence-corrected chi connectivity index (χ3v) is 2.81. The van der Waals surface area contributed by atoms with Crippen molar-refractivity contribution < 1.29 is 13.9 Å². The van der Waals surface area contributed by atoms with Crippen LogP contribution in [0.4, 0.5) is 5.69 Å². The Morgan fingerprint density at radius 1 is 1.32 bits per heavy atom. The molecule has 0 spiro atoms. The molecule has 0 aliphatic rings. The summed E-state index contributed by atoms with van der Waals surface area (Å²) in [6.07, 6.45) is 1.97. The number of carbonyl (C=O) groups excluding carboxylic acids is 1. The lowest BCUT2D eigenvalue weighted by Crippen LogP contribution is -2.14. The van der Waals surface area contributed by atoms with Crippen LogP contribution in [0.15, 0.2) is 47.1 Å². The Balaban J connectivity index is 2.22. The number of benzene rings is 1. The lowest BCUT2D eigenvalue weighted by Gasteiger charge is -2.18. The van der Waals surface area contributed by atoms with E-state index in [-0.39, 0.29) is 11.8 Å². The number of methoxy groups -OCH3 is 1. The van der Waals surface area contributed by atoms with E-state index < -0.39 is 0 Å². The van der Waals surface area contributed by atoms with E-state index in [0.29, 0.717) is 6.42 Å². The number of para-hydroxylation sites is 2. The van der Waals surface area contributed by atoms with Crippen molar-refractivity contribution in [2.24, 2.45) is 0 Å². The van der Waals surface area contributed by atoms with Gasteiger partial charge in [-0.3, -0.25) is 4.79 Å². The number of anilines is 1. The average Bonchev–Trinajstić information content (AvgIpc) is 2.92. The first kappa shape index (κ1) is 13.2. The number of furan rings is 1. The summed E-state index contributed by atoms with van der Waals surface area (Å²) in [5.74, 6) is 1.58. The molecule has 1 aromatic carbocycles. The highest BCUT2D eigenvalue weighted by atomic mass is 16.5. The van der Waals surface area contributed by atoms with Crippen LogP contribution in [-0.4, -0.2) is 12.9 Å². The maximum Gasteiger partial charge on any atom is 0.141 e. The number of Topliss-reactive ketones (excluding diaryl/α,β-unsaturated/α-hetero) is 1. The molecule has 1 aromatic heterocycles. The minimum Gasteiger partial charge on any atom is -0.495 e. The normalized spacial score (nSPS) is 11.9. The van der Waals surface area contributed by atoms with Crippen molar-refractivity contribution in [3.05, 3.63) is 48.4 Å². The van der Waals surface area contributed by atoms with Crippen LogP contribution in [0, 0.1) is 0 Å². The summed E-state index contributed by atoms with van der Waals surface area (Å²) >= 11 is 0. The second-order valence-electron chi connectivity index (χ2n) is 4.32. The Morgan fingerprint density at radius 3 is 2.74 bits per heavy atom. The molecule has 2 aromatic rings. The molecule has 0 unspecified atom stereocenters. The molecule has 0 saturated carbocycles. The highest BCUT2D eigenvalue weighted by Gasteiger charge is 2.17. The zero-order chi connectivity index (χ0) is 13.7. The fourth-order valence-corrected chi connectivity index (χ4v) is 1.95. The second-order valence-corrected chi connectivity index (χ2v) is 4.32. The molecule has 4 nitrogen and oxygen atoms in total. The summed E-state index contributed by atoms with van der Waals surface area (Å²) in [4.78, 5) is 11.4. The number of ketones is 1. The Hall–Kier alpha value is -2.23. The van der Waals surface area contributed by atoms with Gasteiger partial charge in [-0.1, -0.05) is 12.1 Å². The number of carbonyl (C=O) groups is 1. The standard InChI is InChI=1S/C15H17NO3/c1-11(17)10-13(15-8-5-9-19-15)16-12-6-3-4-7-14(12)18-2/h3-9,13,16H,10H2,1-2H3/t13-/m1/s1. The quantitative estimate of drug-likeness (QED) is 0.863. The molecule has 0 saturated heterocycles. The van der Waals surface area contributed by atoms with Crippen molar-refractivity contribution in [3.63, 3.8) is 0 Å². The summed E-state index contributed by atoms with van der Waals surface area (Å²) < 4.78 is 10.7. The highest BCUT2D eigenvalue weighted by molar-refractivity contribution is 5.77. The van der Waals surface area contributed by atoms with Crippen LogP contribution in [0.2, 0.25) is 0 Å². The van der Waals surface area contributed by atoms with Crippen molar-refractivity contribution in [1.29, 1.82) is 0 Å². The van der Waals surface area contributed by atoms with Gasteiger partial charge in [0.25, 0.3) is 0 Å². The molecule has 1 atom stereocenters. The minimum absolute atomic E-state index is 0.101. The van der Waals surface area contributed by atoms with Crippen molar-refractivity contribution in [3.8, 4) is 5.75 Å². The third-order valence-electron chi connectivity index (χ3n) is 2.81. The Morgan fingerprint density at radius 2 is 2.11 bits per heavy atom. The zero-order valence-electron chi connectivity index (χ0n) is 11.1. The second kappa shape index (κ2) is 6.09. The Bertz CT molecular complexity index is 534. The summed E-state index contributed by atoms with van der Waals surface area (Å²) in [6, 6.07) is 11.1. The van der Waals surface area contributed by atoms with Crippen molar-refractivity contribution >= 4 is 11.5 Å². The lowest BCUT2D eigenvalue weighted by molar-refractivity contribution is -0.117. The van der Waals surface area contributed by atoms with Crippen LogP contribution in [-0.2, 0) is 4.79 Å². The van der Waals surface area contributed by atoms with E-state index in [1.807, 2.05) is 36.4 Å². The molecule has 0 radical (unpaired) electrons. The van der Waals surface area contributed by atoms with Crippen LogP contribution in [0.1, 0.15) is 25.1 Å². The smallest absolute Gasteiger partial charge is 0.141 e. The maximum absolute atomic E-state index is 11.4. The SMILES string of the molecule is COc1ccccc1N[C@H](CC(C)=O)c1ccco1. The van der Waals surface area contributed by atoms with Gasteiger partial charge in [0.15, 0.2) is 0 Å². The topological polar surface area (TPSA) is 51.5 Å². The van der Waals surface area contributed by atoms with Gasteiger partial charge in [-0.05, 0) is 31.2 Å². The number of nitrogens with one attached hydrogen (secondary N) is 1. The van der Waals surface area contributed by atoms with E-state index in [1.54, 1.807) is 20.3 Å². The predicted octanol–water partition coefficient (Wildman–Crippen LogP) is 3.42. The van der Waals surface area contributed by atoms with Crippen LogP contribution in [0.5, 0.6) is 5.75 Å². The van der Waals surface area contributed by atoms with Gasteiger partial charge in [-0.2, -0.15) is 0 Å². The highest BCUT2D eigenvalue weighted by Crippen LogP contribution is 2.29. The molecule has 0 bridgehead atoms. The number of hydrogen-bond acceptors (Lipinski definition) is 4. The minimum atomic E-state index is -0.191. The number of ether oxygens (including phenoxy) is 1. The summed E-state index contributed by atoms with van der Waals surface area (Å²) in [5.41, 5.74) is 0.840. The van der Waals surface area contributed by atoms with Gasteiger partial charge in [0.1, 0.15) is 17.3 Å². The molecule has 4 heteroatoms. The van der Waals surface area contributed by atoms with Crippen LogP contribution in [0.3, 0.4) is 0 Å². The molecule has 0 aliphatic heterocycles. The van der Waals surface area contributed by atoms with Crippen molar-refractivity contribution in [1.82, 2.24) is 0 Å². The molecule has 2 rings (SSSR count). The Labute approximate surface area is 112 Å². The average molecular weight is 259 g/mol. The van der Waals surface area contributed by atoms with Crippen LogP contribution in [0.25, 0.3) is 0 Å². The summed E-state index contributed by atoms with van der Waals surface area (Å²) in [6.45, 7) is 1.57. The molecule has 0 amide bonds. The van der Waals surface area contributed by atoms with Crippen molar-refractivity contribution in [2.45, 2.75) is 19.4 Å². The molecule has 1 heterocycles. The van der Waals surface area contributed by atoms with Gasteiger partial charge < -0.3 is 14.5 Å². The van der Waals surface area contributed by atoms with Gasteiger partial charge in [0.2, 0.25) is 0 Å². The maximum atomic E-state index is 11.4. The van der Waals surface area contributed by atoms with E-state index in [1.165, 1.54) is 0 Å². The lowest BCUT2D eigenvalue weighted by atomic mass is 10.1. The summed E-state index contributed by atoms with van der Waals surface area (Å²) in [5, 5.41) is 3.29. The molecular formula is C15H17NO3. The largest absolute Gasteiger partial charge is 0.495 e. The van der Waals surface area contributed by atoms with E-state index in [0.717, 1.165) is 17.2 Å². The van der Waals surface area contributed by atoms with E-state index in [4.69, 9.17) is 9.15 Å². The number of hydrogen-bond donors (Lipinski definition) is 1. The van der Waals surface area contributed by atoms with Gasteiger partial charge >= 0.3 is 0 Å². The third kappa shape index (κ3) is 3.37. The molecule has 0 fully saturated rings. The van der Waals surface area contributed by atoms with E-state index >= 15 is 0 Å².